The van der Waals surface area contributed by atoms with Crippen LogP contribution in [0.4, 0.5) is 0 Å². The molecule has 1 aliphatic carbocycles. The van der Waals surface area contributed by atoms with Crippen LogP contribution < -0.4 is 0 Å². The minimum atomic E-state index is -0.470. The first-order valence-electron chi connectivity index (χ1n) is 7.34. The summed E-state index contributed by atoms with van der Waals surface area (Å²) in [6, 6.07) is 0. The molecule has 3 heteroatoms. The number of ether oxygens (including phenoxy) is 1. The quantitative estimate of drug-likeness (QED) is 0.557. The summed E-state index contributed by atoms with van der Waals surface area (Å²) in [4.78, 5) is 11.2. The van der Waals surface area contributed by atoms with Gasteiger partial charge in [0.25, 0.3) is 0 Å². The van der Waals surface area contributed by atoms with Crippen molar-refractivity contribution >= 4 is 0 Å². The van der Waals surface area contributed by atoms with Crippen LogP contribution in [0, 0.1) is 0 Å². The summed E-state index contributed by atoms with van der Waals surface area (Å²) in [6.07, 6.45) is 8.89. The molecule has 2 rings (SSSR count). The van der Waals surface area contributed by atoms with Crippen LogP contribution in [0.2, 0.25) is 0 Å². The fourth-order valence-corrected chi connectivity index (χ4v) is 2.87. The second-order valence-electron chi connectivity index (χ2n) is 5.72. The van der Waals surface area contributed by atoms with E-state index in [1.54, 1.807) is 0 Å². The van der Waals surface area contributed by atoms with Gasteiger partial charge >= 0.3 is 0 Å². The lowest BCUT2D eigenvalue weighted by atomic mass is 9.92. The highest BCUT2D eigenvalue weighted by Gasteiger charge is 2.45. The summed E-state index contributed by atoms with van der Waals surface area (Å²) < 4.78 is 6.28. The van der Waals surface area contributed by atoms with E-state index in [2.05, 4.69) is 13.5 Å². The van der Waals surface area contributed by atoms with Crippen LogP contribution in [-0.4, -0.2) is 18.0 Å². The highest BCUT2D eigenvalue weighted by Crippen LogP contribution is 2.40. The van der Waals surface area contributed by atoms with Crippen molar-refractivity contribution in [3.63, 3.8) is 0 Å². The molecule has 1 spiro atoms. The SMILES string of the molecule is C=C(C)[C@@H]1OOC2(CCCCC2)O[C@H]1CCCC. The first kappa shape index (κ1) is 14.0. The van der Waals surface area contributed by atoms with Crippen LogP contribution in [0.15, 0.2) is 12.2 Å². The summed E-state index contributed by atoms with van der Waals surface area (Å²) >= 11 is 0. The van der Waals surface area contributed by atoms with Gasteiger partial charge in [-0.15, -0.1) is 0 Å². The predicted octanol–water partition coefficient (Wildman–Crippen LogP) is 4.13. The van der Waals surface area contributed by atoms with Crippen molar-refractivity contribution in [1.82, 2.24) is 0 Å². The van der Waals surface area contributed by atoms with Crippen molar-refractivity contribution in [3.05, 3.63) is 12.2 Å². The van der Waals surface area contributed by atoms with E-state index in [9.17, 15) is 0 Å². The molecule has 2 aliphatic rings. The molecule has 1 saturated heterocycles. The zero-order valence-corrected chi connectivity index (χ0v) is 11.7. The summed E-state index contributed by atoms with van der Waals surface area (Å²) in [7, 11) is 0. The number of hydrogen-bond donors (Lipinski definition) is 0. The molecule has 1 aliphatic heterocycles. The van der Waals surface area contributed by atoms with Crippen LogP contribution in [0.3, 0.4) is 0 Å². The molecule has 18 heavy (non-hydrogen) atoms. The highest BCUT2D eigenvalue weighted by atomic mass is 17.2. The van der Waals surface area contributed by atoms with Gasteiger partial charge in [0.2, 0.25) is 5.79 Å². The lowest BCUT2D eigenvalue weighted by Gasteiger charge is -2.45. The Hall–Kier alpha value is -0.380. The molecule has 2 fully saturated rings. The Balaban J connectivity index is 2.01. The fourth-order valence-electron chi connectivity index (χ4n) is 2.87. The smallest absolute Gasteiger partial charge is 0.201 e. The molecule has 0 unspecified atom stereocenters. The van der Waals surface area contributed by atoms with E-state index in [1.165, 1.54) is 25.7 Å². The van der Waals surface area contributed by atoms with Crippen LogP contribution in [0.1, 0.15) is 65.2 Å². The molecule has 0 aromatic rings. The van der Waals surface area contributed by atoms with Crippen molar-refractivity contribution in [1.29, 1.82) is 0 Å². The van der Waals surface area contributed by atoms with Crippen molar-refractivity contribution in [2.45, 2.75) is 83.2 Å². The molecule has 0 bridgehead atoms. The van der Waals surface area contributed by atoms with Crippen LogP contribution in [0.25, 0.3) is 0 Å². The monoisotopic (exact) mass is 254 g/mol. The molecule has 0 aromatic heterocycles. The minimum Gasteiger partial charge on any atom is -0.341 e. The largest absolute Gasteiger partial charge is 0.341 e. The van der Waals surface area contributed by atoms with Gasteiger partial charge < -0.3 is 4.74 Å². The van der Waals surface area contributed by atoms with Gasteiger partial charge in [-0.2, -0.15) is 0 Å². The fraction of sp³-hybridized carbons (Fsp3) is 0.867. The summed E-state index contributed by atoms with van der Waals surface area (Å²) in [6.45, 7) is 8.17. The Labute approximate surface area is 110 Å². The number of rotatable bonds is 4. The van der Waals surface area contributed by atoms with Gasteiger partial charge in [-0.05, 0) is 31.8 Å². The van der Waals surface area contributed by atoms with Crippen LogP contribution in [-0.2, 0) is 14.5 Å². The Morgan fingerprint density at radius 1 is 1.28 bits per heavy atom. The third-order valence-electron chi connectivity index (χ3n) is 3.95. The van der Waals surface area contributed by atoms with Gasteiger partial charge in [-0.25, -0.2) is 9.78 Å². The van der Waals surface area contributed by atoms with Crippen molar-refractivity contribution < 1.29 is 14.5 Å². The van der Waals surface area contributed by atoms with Gasteiger partial charge in [-0.3, -0.25) is 0 Å². The predicted molar refractivity (Wildman–Crippen MR) is 71.0 cm³/mol. The Bertz CT molecular complexity index is 281. The first-order valence-corrected chi connectivity index (χ1v) is 7.34. The molecule has 0 radical (unpaired) electrons. The molecular formula is C15H26O3. The van der Waals surface area contributed by atoms with Gasteiger partial charge in [0.15, 0.2) is 0 Å². The Morgan fingerprint density at radius 3 is 2.61 bits per heavy atom. The number of unbranched alkanes of at least 4 members (excludes halogenated alkanes) is 1. The molecule has 0 amide bonds. The molecule has 2 atom stereocenters. The van der Waals surface area contributed by atoms with Gasteiger partial charge in [0.1, 0.15) is 6.10 Å². The normalized spacial score (nSPS) is 31.4. The Morgan fingerprint density at radius 2 is 2.00 bits per heavy atom. The summed E-state index contributed by atoms with van der Waals surface area (Å²) in [5, 5.41) is 0. The topological polar surface area (TPSA) is 27.7 Å². The summed E-state index contributed by atoms with van der Waals surface area (Å²) in [5.74, 6) is -0.470. The van der Waals surface area contributed by atoms with Gasteiger partial charge in [0.05, 0.1) is 6.10 Å². The molecule has 104 valence electrons. The molecular weight excluding hydrogens is 228 g/mol. The molecule has 3 nitrogen and oxygen atoms in total. The lowest BCUT2D eigenvalue weighted by molar-refractivity contribution is -0.502. The maximum absolute atomic E-state index is 6.28. The zero-order chi connectivity index (χ0) is 13.0. The lowest BCUT2D eigenvalue weighted by Crippen LogP contribution is -2.51. The molecule has 0 N–H and O–H groups in total. The van der Waals surface area contributed by atoms with E-state index in [0.29, 0.717) is 0 Å². The standard InChI is InChI=1S/C15H26O3/c1-4-5-9-13-14(12(2)3)17-18-15(16-13)10-7-6-8-11-15/h13-14H,2,4-11H2,1,3H3/t13-,14-/m0/s1. The molecule has 1 saturated carbocycles. The second-order valence-corrected chi connectivity index (χ2v) is 5.72. The van der Waals surface area contributed by atoms with Crippen molar-refractivity contribution in [2.75, 3.05) is 0 Å². The van der Waals surface area contributed by atoms with E-state index in [-0.39, 0.29) is 12.2 Å². The first-order chi connectivity index (χ1) is 8.67. The van der Waals surface area contributed by atoms with Crippen molar-refractivity contribution in [3.8, 4) is 0 Å². The maximum atomic E-state index is 6.28. The molecule has 0 aromatic carbocycles. The minimum absolute atomic E-state index is 0.106. The highest BCUT2D eigenvalue weighted by molar-refractivity contribution is 5.03. The number of hydrogen-bond acceptors (Lipinski definition) is 3. The van der Waals surface area contributed by atoms with E-state index >= 15 is 0 Å². The van der Waals surface area contributed by atoms with Crippen molar-refractivity contribution in [2.24, 2.45) is 0 Å². The second kappa shape index (κ2) is 6.18. The van der Waals surface area contributed by atoms with Crippen LogP contribution in [0.5, 0.6) is 0 Å². The maximum Gasteiger partial charge on any atom is 0.201 e. The third kappa shape index (κ3) is 3.14. The Kier molecular flexibility index (Phi) is 4.82. The third-order valence-corrected chi connectivity index (χ3v) is 3.95. The van der Waals surface area contributed by atoms with Gasteiger partial charge in [0, 0.05) is 12.8 Å². The van der Waals surface area contributed by atoms with E-state index < -0.39 is 5.79 Å². The van der Waals surface area contributed by atoms with E-state index in [0.717, 1.165) is 31.3 Å². The van der Waals surface area contributed by atoms with E-state index in [4.69, 9.17) is 14.5 Å². The van der Waals surface area contributed by atoms with E-state index in [1.807, 2.05) is 6.92 Å². The van der Waals surface area contributed by atoms with Crippen LogP contribution >= 0.6 is 0 Å². The average molecular weight is 254 g/mol. The molecule has 1 heterocycles. The summed E-state index contributed by atoms with van der Waals surface area (Å²) in [5.41, 5.74) is 0.988. The average Bonchev–Trinajstić information content (AvgIpc) is 2.37. The van der Waals surface area contributed by atoms with Gasteiger partial charge in [-0.1, -0.05) is 32.8 Å². The zero-order valence-electron chi connectivity index (χ0n) is 11.7.